The standard InChI is InChI=1S/C13H15N3/c1-10(9-14)13-15-8-7-12(16-13)11-5-3-2-4-6-11/h2-8,10H,9,14H2,1H3. The van der Waals surface area contributed by atoms with E-state index >= 15 is 0 Å². The third-order valence-corrected chi connectivity index (χ3v) is 2.54. The van der Waals surface area contributed by atoms with Gasteiger partial charge < -0.3 is 5.73 Å². The Labute approximate surface area is 95.4 Å². The van der Waals surface area contributed by atoms with Gasteiger partial charge in [0.05, 0.1) is 5.69 Å². The van der Waals surface area contributed by atoms with Crippen LogP contribution in [0.5, 0.6) is 0 Å². The van der Waals surface area contributed by atoms with Gasteiger partial charge in [-0.05, 0) is 6.07 Å². The molecule has 0 aliphatic heterocycles. The zero-order valence-electron chi connectivity index (χ0n) is 9.30. The Morgan fingerprint density at radius 1 is 1.19 bits per heavy atom. The molecule has 1 heterocycles. The van der Waals surface area contributed by atoms with Crippen molar-refractivity contribution in [3.05, 3.63) is 48.4 Å². The maximum Gasteiger partial charge on any atom is 0.133 e. The van der Waals surface area contributed by atoms with Crippen LogP contribution >= 0.6 is 0 Å². The van der Waals surface area contributed by atoms with Crippen LogP contribution in [0.2, 0.25) is 0 Å². The predicted molar refractivity (Wildman–Crippen MR) is 64.9 cm³/mol. The smallest absolute Gasteiger partial charge is 0.133 e. The summed E-state index contributed by atoms with van der Waals surface area (Å²) < 4.78 is 0. The van der Waals surface area contributed by atoms with E-state index in [1.165, 1.54) is 0 Å². The van der Waals surface area contributed by atoms with Crippen LogP contribution in [-0.4, -0.2) is 16.5 Å². The van der Waals surface area contributed by atoms with E-state index in [9.17, 15) is 0 Å². The van der Waals surface area contributed by atoms with Crippen LogP contribution in [0.3, 0.4) is 0 Å². The van der Waals surface area contributed by atoms with Crippen LogP contribution in [-0.2, 0) is 0 Å². The number of benzene rings is 1. The maximum absolute atomic E-state index is 5.61. The molecule has 16 heavy (non-hydrogen) atoms. The molecular weight excluding hydrogens is 198 g/mol. The van der Waals surface area contributed by atoms with E-state index in [-0.39, 0.29) is 5.92 Å². The van der Waals surface area contributed by atoms with Gasteiger partial charge in [-0.2, -0.15) is 0 Å². The molecule has 0 aliphatic carbocycles. The summed E-state index contributed by atoms with van der Waals surface area (Å²) in [5.41, 5.74) is 7.67. The molecule has 0 radical (unpaired) electrons. The van der Waals surface area contributed by atoms with Gasteiger partial charge in [0.2, 0.25) is 0 Å². The van der Waals surface area contributed by atoms with Crippen molar-refractivity contribution in [2.75, 3.05) is 6.54 Å². The molecule has 0 spiro atoms. The SMILES string of the molecule is CC(CN)c1nccc(-c2ccccc2)n1. The number of rotatable bonds is 3. The van der Waals surface area contributed by atoms with Gasteiger partial charge in [0.15, 0.2) is 0 Å². The average molecular weight is 213 g/mol. The summed E-state index contributed by atoms with van der Waals surface area (Å²) in [7, 11) is 0. The van der Waals surface area contributed by atoms with E-state index in [1.807, 2.05) is 43.3 Å². The molecule has 2 N–H and O–H groups in total. The molecule has 1 atom stereocenters. The zero-order chi connectivity index (χ0) is 11.4. The summed E-state index contributed by atoms with van der Waals surface area (Å²) in [5, 5.41) is 0. The lowest BCUT2D eigenvalue weighted by Crippen LogP contribution is -2.12. The molecule has 0 saturated carbocycles. The van der Waals surface area contributed by atoms with Crippen LogP contribution in [0.4, 0.5) is 0 Å². The Hall–Kier alpha value is -1.74. The molecule has 0 bridgehead atoms. The second kappa shape index (κ2) is 4.86. The second-order valence-corrected chi connectivity index (χ2v) is 3.80. The van der Waals surface area contributed by atoms with Gasteiger partial charge in [-0.15, -0.1) is 0 Å². The molecule has 2 rings (SSSR count). The Morgan fingerprint density at radius 3 is 2.62 bits per heavy atom. The molecule has 3 heteroatoms. The highest BCUT2D eigenvalue weighted by molar-refractivity contribution is 5.58. The summed E-state index contributed by atoms with van der Waals surface area (Å²) in [5.74, 6) is 1.01. The first-order chi connectivity index (χ1) is 7.81. The lowest BCUT2D eigenvalue weighted by atomic mass is 10.1. The van der Waals surface area contributed by atoms with Crippen molar-refractivity contribution in [3.8, 4) is 11.3 Å². The minimum atomic E-state index is 0.198. The fourth-order valence-corrected chi connectivity index (χ4v) is 1.49. The summed E-state index contributed by atoms with van der Waals surface area (Å²) in [6.07, 6.45) is 1.79. The van der Waals surface area contributed by atoms with Crippen molar-refractivity contribution in [1.29, 1.82) is 0 Å². The number of nitrogens with two attached hydrogens (primary N) is 1. The van der Waals surface area contributed by atoms with E-state index in [2.05, 4.69) is 9.97 Å². The average Bonchev–Trinajstić information content (AvgIpc) is 2.39. The maximum atomic E-state index is 5.61. The van der Waals surface area contributed by atoms with Crippen molar-refractivity contribution in [2.45, 2.75) is 12.8 Å². The number of nitrogens with zero attached hydrogens (tertiary/aromatic N) is 2. The van der Waals surface area contributed by atoms with Crippen LogP contribution in [0, 0.1) is 0 Å². The molecular formula is C13H15N3. The Morgan fingerprint density at radius 2 is 1.94 bits per heavy atom. The minimum Gasteiger partial charge on any atom is -0.330 e. The molecule has 1 unspecified atom stereocenters. The minimum absolute atomic E-state index is 0.198. The Kier molecular flexibility index (Phi) is 3.27. The summed E-state index contributed by atoms with van der Waals surface area (Å²) in [6.45, 7) is 2.60. The van der Waals surface area contributed by atoms with E-state index < -0.39 is 0 Å². The molecule has 0 fully saturated rings. The normalized spacial score (nSPS) is 12.4. The summed E-state index contributed by atoms with van der Waals surface area (Å²) in [6, 6.07) is 12.0. The molecule has 3 nitrogen and oxygen atoms in total. The summed E-state index contributed by atoms with van der Waals surface area (Å²) >= 11 is 0. The highest BCUT2D eigenvalue weighted by atomic mass is 14.9. The lowest BCUT2D eigenvalue weighted by Gasteiger charge is -2.08. The Balaban J connectivity index is 2.36. The Bertz CT molecular complexity index is 454. The number of hydrogen-bond acceptors (Lipinski definition) is 3. The third kappa shape index (κ3) is 2.25. The molecule has 2 aromatic rings. The van der Waals surface area contributed by atoms with Gasteiger partial charge in [0.1, 0.15) is 5.82 Å². The monoisotopic (exact) mass is 213 g/mol. The molecule has 0 saturated heterocycles. The first-order valence-electron chi connectivity index (χ1n) is 5.39. The van der Waals surface area contributed by atoms with Gasteiger partial charge in [-0.25, -0.2) is 9.97 Å². The van der Waals surface area contributed by atoms with Gasteiger partial charge in [-0.3, -0.25) is 0 Å². The molecule has 1 aromatic heterocycles. The summed E-state index contributed by atoms with van der Waals surface area (Å²) in [4.78, 5) is 8.77. The zero-order valence-corrected chi connectivity index (χ0v) is 9.30. The van der Waals surface area contributed by atoms with Gasteiger partial charge in [0.25, 0.3) is 0 Å². The van der Waals surface area contributed by atoms with Gasteiger partial charge in [-0.1, -0.05) is 37.3 Å². The first-order valence-corrected chi connectivity index (χ1v) is 5.39. The van der Waals surface area contributed by atoms with E-state index in [0.29, 0.717) is 6.54 Å². The van der Waals surface area contributed by atoms with Crippen LogP contribution in [0.25, 0.3) is 11.3 Å². The van der Waals surface area contributed by atoms with Crippen molar-refractivity contribution >= 4 is 0 Å². The molecule has 1 aromatic carbocycles. The third-order valence-electron chi connectivity index (χ3n) is 2.54. The predicted octanol–water partition coefficient (Wildman–Crippen LogP) is 2.21. The highest BCUT2D eigenvalue weighted by Crippen LogP contribution is 2.17. The molecule has 0 amide bonds. The van der Waals surface area contributed by atoms with Crippen LogP contribution in [0.1, 0.15) is 18.7 Å². The van der Waals surface area contributed by atoms with Crippen molar-refractivity contribution < 1.29 is 0 Å². The first kappa shape index (κ1) is 10.8. The lowest BCUT2D eigenvalue weighted by molar-refractivity contribution is 0.713. The van der Waals surface area contributed by atoms with E-state index in [0.717, 1.165) is 17.1 Å². The van der Waals surface area contributed by atoms with E-state index in [1.54, 1.807) is 6.20 Å². The quantitative estimate of drug-likeness (QED) is 0.850. The highest BCUT2D eigenvalue weighted by Gasteiger charge is 2.07. The largest absolute Gasteiger partial charge is 0.330 e. The fourth-order valence-electron chi connectivity index (χ4n) is 1.49. The second-order valence-electron chi connectivity index (χ2n) is 3.80. The fraction of sp³-hybridized carbons (Fsp3) is 0.231. The molecule has 0 aliphatic rings. The van der Waals surface area contributed by atoms with Gasteiger partial charge in [0, 0.05) is 24.2 Å². The number of hydrogen-bond donors (Lipinski definition) is 1. The van der Waals surface area contributed by atoms with Crippen molar-refractivity contribution in [1.82, 2.24) is 9.97 Å². The van der Waals surface area contributed by atoms with Crippen molar-refractivity contribution in [3.63, 3.8) is 0 Å². The number of aromatic nitrogens is 2. The molecule has 82 valence electrons. The van der Waals surface area contributed by atoms with E-state index in [4.69, 9.17) is 5.73 Å². The van der Waals surface area contributed by atoms with Crippen LogP contribution in [0.15, 0.2) is 42.6 Å². The van der Waals surface area contributed by atoms with Crippen molar-refractivity contribution in [2.24, 2.45) is 5.73 Å². The van der Waals surface area contributed by atoms with Gasteiger partial charge >= 0.3 is 0 Å². The van der Waals surface area contributed by atoms with Crippen LogP contribution < -0.4 is 5.73 Å². The topological polar surface area (TPSA) is 51.8 Å².